The summed E-state index contributed by atoms with van der Waals surface area (Å²) in [6, 6.07) is 2.15. The fourth-order valence-corrected chi connectivity index (χ4v) is 2.98. The van der Waals surface area contributed by atoms with Crippen LogP contribution in [0, 0.1) is 10.1 Å². The molecule has 122 valence electrons. The van der Waals surface area contributed by atoms with E-state index < -0.39 is 28.4 Å². The van der Waals surface area contributed by atoms with E-state index in [2.05, 4.69) is 4.98 Å². The Balaban J connectivity index is 1.98. The molecule has 1 saturated carbocycles. The minimum atomic E-state index is -1.83. The van der Waals surface area contributed by atoms with Gasteiger partial charge in [-0.3, -0.25) is 24.8 Å². The Hall–Kier alpha value is -2.51. The first kappa shape index (κ1) is 15.4. The van der Waals surface area contributed by atoms with Crippen molar-refractivity contribution in [3.8, 4) is 0 Å². The van der Waals surface area contributed by atoms with Crippen LogP contribution in [0.1, 0.15) is 32.3 Å². The van der Waals surface area contributed by atoms with Gasteiger partial charge >= 0.3 is 17.5 Å². The molecule has 2 fully saturated rings. The molecular weight excluding hydrogens is 300 g/mol. The molecule has 8 nitrogen and oxygen atoms in total. The smallest absolute Gasteiger partial charge is 0.311 e. The zero-order valence-corrected chi connectivity index (χ0v) is 13.0. The molecule has 2 atom stereocenters. The number of nitrogens with zero attached hydrogens (tertiary/aromatic N) is 4. The molecular formula is C15H18N4O4. The maximum atomic E-state index is 12.7. The fourth-order valence-electron chi connectivity index (χ4n) is 2.98. The Morgan fingerprint density at radius 1 is 1.35 bits per heavy atom. The van der Waals surface area contributed by atoms with Crippen LogP contribution in [0.5, 0.6) is 0 Å². The van der Waals surface area contributed by atoms with Crippen LogP contribution >= 0.6 is 0 Å². The molecule has 1 aromatic heterocycles. The van der Waals surface area contributed by atoms with Crippen molar-refractivity contribution in [3.63, 3.8) is 0 Å². The summed E-state index contributed by atoms with van der Waals surface area (Å²) >= 11 is 0. The number of pyridine rings is 1. The Morgan fingerprint density at radius 3 is 2.48 bits per heavy atom. The number of imide groups is 1. The first-order chi connectivity index (χ1) is 10.9. The second-order valence-corrected chi connectivity index (χ2v) is 6.25. The van der Waals surface area contributed by atoms with E-state index in [0.29, 0.717) is 5.56 Å². The number of carbonyl (C=O) groups is 2. The van der Waals surface area contributed by atoms with Gasteiger partial charge in [-0.2, -0.15) is 0 Å². The average molecular weight is 318 g/mol. The van der Waals surface area contributed by atoms with E-state index in [9.17, 15) is 19.7 Å². The highest BCUT2D eigenvalue weighted by molar-refractivity contribution is 6.02. The third-order valence-corrected chi connectivity index (χ3v) is 4.77. The largest absolute Gasteiger partial charge is 0.327 e. The first-order valence-electron chi connectivity index (χ1n) is 7.55. The molecule has 0 aromatic carbocycles. The lowest BCUT2D eigenvalue weighted by molar-refractivity contribution is -0.557. The molecule has 8 heteroatoms. The summed E-state index contributed by atoms with van der Waals surface area (Å²) < 4.78 is 0. The molecule has 1 aromatic rings. The zero-order valence-electron chi connectivity index (χ0n) is 13.0. The van der Waals surface area contributed by atoms with Gasteiger partial charge in [-0.25, -0.2) is 4.79 Å². The van der Waals surface area contributed by atoms with Gasteiger partial charge in [0, 0.05) is 30.3 Å². The Kier molecular flexibility index (Phi) is 3.54. The van der Waals surface area contributed by atoms with Gasteiger partial charge in [0.2, 0.25) is 0 Å². The van der Waals surface area contributed by atoms with E-state index in [-0.39, 0.29) is 12.6 Å². The van der Waals surface area contributed by atoms with Crippen molar-refractivity contribution < 1.29 is 14.5 Å². The lowest BCUT2D eigenvalue weighted by atomic mass is 9.88. The zero-order chi connectivity index (χ0) is 16.8. The van der Waals surface area contributed by atoms with Crippen molar-refractivity contribution in [2.75, 3.05) is 0 Å². The molecule has 2 unspecified atom stereocenters. The van der Waals surface area contributed by atoms with Crippen molar-refractivity contribution in [2.24, 2.45) is 0 Å². The average Bonchev–Trinajstić information content (AvgIpc) is 3.35. The molecule has 1 aliphatic carbocycles. The summed E-state index contributed by atoms with van der Waals surface area (Å²) in [6.45, 7) is 2.90. The van der Waals surface area contributed by atoms with E-state index in [1.165, 1.54) is 11.8 Å². The highest BCUT2D eigenvalue weighted by atomic mass is 16.6. The molecule has 3 amide bonds. The van der Waals surface area contributed by atoms with Crippen LogP contribution in [0.2, 0.25) is 0 Å². The quantitative estimate of drug-likeness (QED) is 0.618. The van der Waals surface area contributed by atoms with Gasteiger partial charge in [0.05, 0.1) is 6.54 Å². The van der Waals surface area contributed by atoms with Crippen molar-refractivity contribution in [1.29, 1.82) is 0 Å². The number of rotatable bonds is 4. The van der Waals surface area contributed by atoms with E-state index >= 15 is 0 Å². The number of hydrogen-bond acceptors (Lipinski definition) is 5. The molecule has 3 rings (SSSR count). The highest BCUT2D eigenvalue weighted by Gasteiger charge is 2.63. The summed E-state index contributed by atoms with van der Waals surface area (Å²) in [5.74, 6) is -0.756. The van der Waals surface area contributed by atoms with Crippen LogP contribution in [0.25, 0.3) is 0 Å². The molecule has 1 aliphatic heterocycles. The second-order valence-electron chi connectivity index (χ2n) is 6.25. The molecule has 0 bridgehead atoms. The maximum Gasteiger partial charge on any atom is 0.327 e. The van der Waals surface area contributed by atoms with Crippen LogP contribution in [0.3, 0.4) is 0 Å². The van der Waals surface area contributed by atoms with E-state index in [1.54, 1.807) is 31.5 Å². The molecule has 23 heavy (non-hydrogen) atoms. The van der Waals surface area contributed by atoms with Gasteiger partial charge in [-0.1, -0.05) is 0 Å². The number of urea groups is 1. The Labute approximate surface area is 133 Å². The lowest BCUT2D eigenvalue weighted by Gasteiger charge is -2.44. The first-order valence-corrected chi connectivity index (χ1v) is 7.55. The van der Waals surface area contributed by atoms with E-state index in [0.717, 1.165) is 17.7 Å². The van der Waals surface area contributed by atoms with Gasteiger partial charge in [-0.15, -0.1) is 0 Å². The summed E-state index contributed by atoms with van der Waals surface area (Å²) in [6.07, 6.45) is 4.76. The normalized spacial score (nSPS) is 28.2. The SMILES string of the molecule is CC1N(C2CC2)C(=O)N(Cc2ccncc2)C(=O)C1(C)[N+](=O)[O-]. The molecule has 2 heterocycles. The summed E-state index contributed by atoms with van der Waals surface area (Å²) in [5, 5.41) is 11.6. The predicted octanol–water partition coefficient (Wildman–Crippen LogP) is 1.43. The molecule has 2 aliphatic rings. The third-order valence-electron chi connectivity index (χ3n) is 4.77. The van der Waals surface area contributed by atoms with E-state index in [1.807, 2.05) is 0 Å². The third kappa shape index (κ3) is 2.34. The van der Waals surface area contributed by atoms with Crippen molar-refractivity contribution >= 4 is 11.9 Å². The highest BCUT2D eigenvalue weighted by Crippen LogP contribution is 2.38. The summed E-state index contributed by atoms with van der Waals surface area (Å²) in [7, 11) is 0. The van der Waals surface area contributed by atoms with Gasteiger partial charge < -0.3 is 4.90 Å². The van der Waals surface area contributed by atoms with Crippen LogP contribution in [0.4, 0.5) is 4.79 Å². The second kappa shape index (κ2) is 5.29. The Morgan fingerprint density at radius 2 is 1.96 bits per heavy atom. The monoisotopic (exact) mass is 318 g/mol. The molecule has 0 spiro atoms. The number of aromatic nitrogens is 1. The molecule has 1 saturated heterocycles. The molecule has 0 N–H and O–H groups in total. The summed E-state index contributed by atoms with van der Waals surface area (Å²) in [4.78, 5) is 42.9. The van der Waals surface area contributed by atoms with Gasteiger partial charge in [0.15, 0.2) is 0 Å². The molecule has 0 radical (unpaired) electrons. The Bertz CT molecular complexity index is 661. The van der Waals surface area contributed by atoms with Gasteiger partial charge in [0.1, 0.15) is 6.04 Å². The van der Waals surface area contributed by atoms with Crippen molar-refractivity contribution in [1.82, 2.24) is 14.8 Å². The number of hydrogen-bond donors (Lipinski definition) is 0. The minimum Gasteiger partial charge on any atom is -0.311 e. The number of carbonyl (C=O) groups excluding carboxylic acids is 2. The van der Waals surface area contributed by atoms with Crippen LogP contribution in [0.15, 0.2) is 24.5 Å². The number of amides is 3. The van der Waals surface area contributed by atoms with Crippen LogP contribution < -0.4 is 0 Å². The topological polar surface area (TPSA) is 96.7 Å². The van der Waals surface area contributed by atoms with E-state index in [4.69, 9.17) is 0 Å². The van der Waals surface area contributed by atoms with Gasteiger partial charge in [0.25, 0.3) is 0 Å². The fraction of sp³-hybridized carbons (Fsp3) is 0.533. The van der Waals surface area contributed by atoms with Crippen molar-refractivity contribution in [3.05, 3.63) is 40.2 Å². The minimum absolute atomic E-state index is 0.00943. The number of nitro groups is 1. The lowest BCUT2D eigenvalue weighted by Crippen LogP contribution is -2.71. The predicted molar refractivity (Wildman–Crippen MR) is 79.9 cm³/mol. The maximum absolute atomic E-state index is 12.7. The van der Waals surface area contributed by atoms with Crippen LogP contribution in [-0.4, -0.2) is 49.3 Å². The van der Waals surface area contributed by atoms with Crippen molar-refractivity contribution in [2.45, 2.75) is 50.9 Å². The van der Waals surface area contributed by atoms with Crippen LogP contribution in [-0.2, 0) is 11.3 Å². The summed E-state index contributed by atoms with van der Waals surface area (Å²) in [5.41, 5.74) is -1.12. The van der Waals surface area contributed by atoms with Gasteiger partial charge in [-0.05, 0) is 37.5 Å². The standard InChI is InChI=1S/C15H18N4O4/c1-10-15(2,19(22)23)13(20)17(9-11-5-7-16-8-6-11)14(21)18(10)12-3-4-12/h5-8,10,12H,3-4,9H2,1-2H3.